The first kappa shape index (κ1) is 38.3. The number of carbonyl (C=O) groups excluding carboxylic acids is 1. The Labute approximate surface area is 305 Å². The maximum absolute atomic E-state index is 14.2. The van der Waals surface area contributed by atoms with Crippen molar-refractivity contribution < 1.29 is 45.5 Å². The predicted octanol–water partition coefficient (Wildman–Crippen LogP) is 2.30. The number of carbonyl (C=O) groups is 1. The van der Waals surface area contributed by atoms with Crippen molar-refractivity contribution in [1.82, 2.24) is 0 Å². The van der Waals surface area contributed by atoms with Crippen molar-refractivity contribution >= 4 is 5.78 Å². The zero-order valence-corrected chi connectivity index (χ0v) is 31.5. The zero-order chi connectivity index (χ0) is 36.5. The van der Waals surface area contributed by atoms with Crippen LogP contribution in [0.3, 0.4) is 0 Å². The van der Waals surface area contributed by atoms with Gasteiger partial charge in [-0.3, -0.25) is 10.5 Å². The number of ketones is 1. The molecule has 17 atom stereocenters. The third-order valence-electron chi connectivity index (χ3n) is 16.6. The van der Waals surface area contributed by atoms with Crippen LogP contribution in [0.2, 0.25) is 0 Å². The number of hydrogen-bond acceptors (Lipinski definition) is 9. The van der Waals surface area contributed by atoms with Gasteiger partial charge in [-0.05, 0) is 125 Å². The molecule has 7 aliphatic rings. The summed E-state index contributed by atoms with van der Waals surface area (Å²) in [6.07, 6.45) is 10.7. The highest BCUT2D eigenvalue weighted by molar-refractivity contribution is 5.95. The summed E-state index contributed by atoms with van der Waals surface area (Å²) in [5, 5.41) is 72.4. The van der Waals surface area contributed by atoms with Crippen LogP contribution in [0.15, 0.2) is 11.6 Å². The first-order chi connectivity index (χ1) is 24.2. The largest absolute Gasteiger partial charge is 0.396 e. The Morgan fingerprint density at radius 3 is 2.47 bits per heavy atom. The summed E-state index contributed by atoms with van der Waals surface area (Å²) in [4.78, 5) is 14.2. The maximum atomic E-state index is 14.2. The number of aliphatic hydroxyl groups excluding tert-OH is 4. The molecule has 0 aromatic carbocycles. The van der Waals surface area contributed by atoms with Gasteiger partial charge in [-0.25, -0.2) is 0 Å². The van der Waals surface area contributed by atoms with Gasteiger partial charge >= 0.3 is 0 Å². The van der Waals surface area contributed by atoms with Crippen LogP contribution in [0, 0.1) is 52.3 Å². The van der Waals surface area contributed by atoms with Crippen molar-refractivity contribution in [2.45, 2.75) is 171 Å². The molecular formula is C41H69N2O8+. The van der Waals surface area contributed by atoms with E-state index < -0.39 is 58.3 Å². The highest BCUT2D eigenvalue weighted by atomic mass is 16.5. The average Bonchev–Trinajstić information content (AvgIpc) is 3.52. The van der Waals surface area contributed by atoms with E-state index in [1.54, 1.807) is 13.0 Å². The molecule has 2 heterocycles. The molecule has 0 aromatic rings. The van der Waals surface area contributed by atoms with Crippen LogP contribution in [-0.4, -0.2) is 97.5 Å². The fourth-order valence-corrected chi connectivity index (χ4v) is 13.7. The summed E-state index contributed by atoms with van der Waals surface area (Å²) in [5.74, 6) is -0.0529. The molecule has 51 heavy (non-hydrogen) atoms. The van der Waals surface area contributed by atoms with Gasteiger partial charge in [0.25, 0.3) is 0 Å². The van der Waals surface area contributed by atoms with Crippen molar-refractivity contribution in [2.75, 3.05) is 13.2 Å². The molecule has 2 aliphatic heterocycles. The SMILES string of the molecule is CCCC1CCC2OC(C(O)C(C)(O)C3CCC4(O)C5=CC(=O)C6CC(O)C(O)CC6(CCC6CCC(N)[NH2+]C6)C5CCC34C)C(CO)C2CC1. The minimum Gasteiger partial charge on any atom is -0.396 e. The molecule has 0 spiro atoms. The summed E-state index contributed by atoms with van der Waals surface area (Å²) in [7, 11) is 0. The van der Waals surface area contributed by atoms with E-state index in [1.807, 2.05) is 6.92 Å². The molecule has 2 saturated heterocycles. The fraction of sp³-hybridized carbons (Fsp3) is 0.927. The molecule has 17 unspecified atom stereocenters. The van der Waals surface area contributed by atoms with Gasteiger partial charge < -0.3 is 40.7 Å². The number of nitrogens with two attached hydrogens (primary N) is 2. The molecule has 0 radical (unpaired) electrons. The fourth-order valence-electron chi connectivity index (χ4n) is 13.7. The Hall–Kier alpha value is -0.950. The van der Waals surface area contributed by atoms with E-state index in [4.69, 9.17) is 10.5 Å². The molecule has 6 fully saturated rings. The molecule has 0 amide bonds. The Morgan fingerprint density at radius 2 is 1.76 bits per heavy atom. The second kappa shape index (κ2) is 14.3. The quantitative estimate of drug-likeness (QED) is 0.177. The third kappa shape index (κ3) is 6.23. The average molecular weight is 718 g/mol. The topological polar surface area (TPSA) is 190 Å². The van der Waals surface area contributed by atoms with Crippen molar-refractivity contribution in [3.05, 3.63) is 11.6 Å². The van der Waals surface area contributed by atoms with Crippen LogP contribution >= 0.6 is 0 Å². The van der Waals surface area contributed by atoms with E-state index in [9.17, 15) is 35.4 Å². The summed E-state index contributed by atoms with van der Waals surface area (Å²) in [5.41, 5.74) is 2.55. The summed E-state index contributed by atoms with van der Waals surface area (Å²) >= 11 is 0. The Bertz CT molecular complexity index is 1300. The molecule has 10 heteroatoms. The summed E-state index contributed by atoms with van der Waals surface area (Å²) in [6.45, 7) is 6.79. The normalized spacial score (nSPS) is 50.2. The van der Waals surface area contributed by atoms with E-state index in [1.165, 1.54) is 6.42 Å². The van der Waals surface area contributed by atoms with E-state index in [2.05, 4.69) is 12.2 Å². The van der Waals surface area contributed by atoms with Crippen LogP contribution in [0.5, 0.6) is 0 Å². The summed E-state index contributed by atoms with van der Waals surface area (Å²) < 4.78 is 6.61. The molecule has 4 saturated carbocycles. The van der Waals surface area contributed by atoms with Crippen LogP contribution in [0.25, 0.3) is 0 Å². The Morgan fingerprint density at radius 1 is 1.02 bits per heavy atom. The number of piperidine rings is 1. The van der Waals surface area contributed by atoms with Crippen molar-refractivity contribution in [3.8, 4) is 0 Å². The smallest absolute Gasteiger partial charge is 0.159 e. The van der Waals surface area contributed by atoms with Crippen LogP contribution in [0.4, 0.5) is 0 Å². The lowest BCUT2D eigenvalue weighted by Gasteiger charge is -2.62. The zero-order valence-electron chi connectivity index (χ0n) is 31.5. The molecule has 10 N–H and O–H groups in total. The minimum absolute atomic E-state index is 0.0406. The van der Waals surface area contributed by atoms with E-state index >= 15 is 0 Å². The van der Waals surface area contributed by atoms with Gasteiger partial charge in [0.15, 0.2) is 5.78 Å². The maximum Gasteiger partial charge on any atom is 0.159 e. The molecule has 0 aromatic heterocycles. The van der Waals surface area contributed by atoms with Crippen molar-refractivity contribution in [3.63, 3.8) is 0 Å². The Kier molecular flexibility index (Phi) is 10.7. The lowest BCUT2D eigenvalue weighted by molar-refractivity contribution is -0.703. The predicted molar refractivity (Wildman–Crippen MR) is 192 cm³/mol. The lowest BCUT2D eigenvalue weighted by Crippen LogP contribution is -2.95. The highest BCUT2D eigenvalue weighted by Gasteiger charge is 2.70. The van der Waals surface area contributed by atoms with Crippen LogP contribution in [-0.2, 0) is 9.53 Å². The number of quaternary nitrogens is 1. The number of aliphatic hydroxyl groups is 6. The van der Waals surface area contributed by atoms with Gasteiger partial charge in [0.05, 0.1) is 42.2 Å². The second-order valence-electron chi connectivity index (χ2n) is 19.1. The van der Waals surface area contributed by atoms with Crippen molar-refractivity contribution in [2.24, 2.45) is 58.0 Å². The number of ether oxygens (including phenoxy) is 1. The number of allylic oxidation sites excluding steroid dienone is 1. The first-order valence-corrected chi connectivity index (χ1v) is 20.8. The molecule has 0 bridgehead atoms. The van der Waals surface area contributed by atoms with E-state index in [0.717, 1.165) is 69.9 Å². The molecule has 7 rings (SSSR count). The molecule has 10 nitrogen and oxygen atoms in total. The third-order valence-corrected chi connectivity index (χ3v) is 16.6. The number of hydrogen-bond donors (Lipinski definition) is 8. The van der Waals surface area contributed by atoms with Gasteiger partial charge in [-0.1, -0.05) is 33.1 Å². The van der Waals surface area contributed by atoms with E-state index in [0.29, 0.717) is 43.9 Å². The molecule has 5 aliphatic carbocycles. The van der Waals surface area contributed by atoms with Gasteiger partial charge in [-0.15, -0.1) is 0 Å². The molecule has 290 valence electrons. The minimum atomic E-state index is -1.61. The van der Waals surface area contributed by atoms with E-state index in [-0.39, 0.29) is 48.8 Å². The van der Waals surface area contributed by atoms with Crippen LogP contribution in [0.1, 0.15) is 124 Å². The van der Waals surface area contributed by atoms with Gasteiger partial charge in [0, 0.05) is 36.2 Å². The van der Waals surface area contributed by atoms with Gasteiger partial charge in [0.1, 0.15) is 12.3 Å². The lowest BCUT2D eigenvalue weighted by atomic mass is 9.44. The van der Waals surface area contributed by atoms with Crippen LogP contribution < -0.4 is 11.1 Å². The standard InChI is InChI=1S/C41H68N2O8/c1-4-5-23-6-9-25-26(22-44)36(51-33(25)10-7-23)37(48)39(3,49)34-14-17-41(50)28-18-30(45)29-19-31(46)32(47)20-40(29,27(28)13-15-38(34,41)2)16-12-24-8-11-35(42)43-21-24/h18,23-27,29,31-37,43-44,46-50H,4-17,19-22,42H2,1-3H3/p+1. The second-order valence-corrected chi connectivity index (χ2v) is 19.1. The molecular weight excluding hydrogens is 648 g/mol. The summed E-state index contributed by atoms with van der Waals surface area (Å²) in [6, 6.07) is 0. The number of fused-ring (bicyclic) bond motifs is 6. The monoisotopic (exact) mass is 718 g/mol. The van der Waals surface area contributed by atoms with Crippen molar-refractivity contribution in [1.29, 1.82) is 0 Å². The van der Waals surface area contributed by atoms with Gasteiger partial charge in [0.2, 0.25) is 0 Å². The highest BCUT2D eigenvalue weighted by Crippen LogP contribution is 2.69. The first-order valence-electron chi connectivity index (χ1n) is 20.8. The Balaban J connectivity index is 1.14. The van der Waals surface area contributed by atoms with Gasteiger partial charge in [-0.2, -0.15) is 0 Å². The number of rotatable bonds is 9.